The van der Waals surface area contributed by atoms with Crippen LogP contribution in [0.25, 0.3) is 22.3 Å². The Hall–Kier alpha value is -2.93. The summed E-state index contributed by atoms with van der Waals surface area (Å²) in [5.41, 5.74) is 2.25. The zero-order valence-corrected chi connectivity index (χ0v) is 15.6. The average Bonchev–Trinajstić information content (AvgIpc) is 2.70. The highest BCUT2D eigenvalue weighted by Crippen LogP contribution is 2.23. The molecule has 3 rings (SSSR count). The second-order valence-corrected chi connectivity index (χ2v) is 6.92. The van der Waals surface area contributed by atoms with Crippen molar-refractivity contribution in [3.8, 4) is 11.4 Å². The minimum absolute atomic E-state index is 0.359. The number of carbonyl (C=O) groups excluding carboxylic acids is 1. The number of hydrogen-bond donors (Lipinski definition) is 2. The largest absolute Gasteiger partial charge is 0.480 e. The molecule has 0 spiro atoms. The molecule has 0 bridgehead atoms. The molecule has 1 atom stereocenters. The number of benzene rings is 1. The third-order valence-corrected chi connectivity index (χ3v) is 4.75. The van der Waals surface area contributed by atoms with Crippen LogP contribution in [0.15, 0.2) is 54.7 Å². The number of aliphatic carboxylic acids is 1. The van der Waals surface area contributed by atoms with Gasteiger partial charge in [-0.05, 0) is 42.7 Å². The first kappa shape index (κ1) is 18.8. The molecule has 3 aromatic rings. The number of carboxylic acid groups (broad SMARTS) is 1. The second kappa shape index (κ2) is 8.64. The number of hydrogen-bond acceptors (Lipinski definition) is 5. The van der Waals surface area contributed by atoms with Crippen LogP contribution in [0.3, 0.4) is 0 Å². The number of thioether (sulfide) groups is 1. The maximum absolute atomic E-state index is 12.9. The minimum atomic E-state index is -1.04. The summed E-state index contributed by atoms with van der Waals surface area (Å²) in [5, 5.41) is 12.7. The van der Waals surface area contributed by atoms with Crippen LogP contribution in [0.2, 0.25) is 0 Å². The van der Waals surface area contributed by atoms with E-state index in [-0.39, 0.29) is 0 Å². The second-order valence-electron chi connectivity index (χ2n) is 5.93. The van der Waals surface area contributed by atoms with Crippen LogP contribution in [-0.4, -0.2) is 45.0 Å². The lowest BCUT2D eigenvalue weighted by Crippen LogP contribution is -2.41. The van der Waals surface area contributed by atoms with Crippen LogP contribution < -0.4 is 5.32 Å². The van der Waals surface area contributed by atoms with E-state index in [4.69, 9.17) is 0 Å². The Balaban J connectivity index is 2.01. The van der Waals surface area contributed by atoms with E-state index >= 15 is 0 Å². The number of carbonyl (C=O) groups is 2. The first-order valence-electron chi connectivity index (χ1n) is 8.44. The van der Waals surface area contributed by atoms with E-state index in [2.05, 4.69) is 15.3 Å². The van der Waals surface area contributed by atoms with Crippen LogP contribution in [0.4, 0.5) is 0 Å². The number of para-hydroxylation sites is 1. The first-order chi connectivity index (χ1) is 13.1. The van der Waals surface area contributed by atoms with E-state index in [0.29, 0.717) is 40.0 Å². The van der Waals surface area contributed by atoms with Gasteiger partial charge in [0.05, 0.1) is 22.5 Å². The van der Waals surface area contributed by atoms with Crippen molar-refractivity contribution >= 4 is 34.5 Å². The molecule has 0 aliphatic carbocycles. The van der Waals surface area contributed by atoms with Gasteiger partial charge in [-0.15, -0.1) is 0 Å². The van der Waals surface area contributed by atoms with E-state index in [1.165, 1.54) is 11.8 Å². The summed E-state index contributed by atoms with van der Waals surface area (Å²) in [6.45, 7) is 0. The third kappa shape index (κ3) is 4.43. The monoisotopic (exact) mass is 381 g/mol. The molecule has 0 aliphatic heterocycles. The molecule has 2 aromatic heterocycles. The predicted octanol–water partition coefficient (Wildman–Crippen LogP) is 3.23. The minimum Gasteiger partial charge on any atom is -0.480 e. The summed E-state index contributed by atoms with van der Waals surface area (Å²) in [4.78, 5) is 33.3. The van der Waals surface area contributed by atoms with Crippen LogP contribution in [0.1, 0.15) is 16.8 Å². The standard InChI is InChI=1S/C20H19N3O3S/c1-27-11-9-17(20(25)26)23-19(24)14-12-18(16-8-4-5-10-21-16)22-15-7-3-2-6-13(14)15/h2-8,10,12,17H,9,11H2,1H3,(H,23,24)(H,25,26)/t17-/m1/s1. The summed E-state index contributed by atoms with van der Waals surface area (Å²) in [6.07, 6.45) is 3.92. The van der Waals surface area contributed by atoms with Gasteiger partial charge in [0.25, 0.3) is 5.91 Å². The van der Waals surface area contributed by atoms with E-state index in [0.717, 1.165) is 0 Å². The number of fused-ring (bicyclic) bond motifs is 1. The molecule has 27 heavy (non-hydrogen) atoms. The zero-order chi connectivity index (χ0) is 19.2. The fraction of sp³-hybridized carbons (Fsp3) is 0.200. The average molecular weight is 381 g/mol. The Morgan fingerprint density at radius 1 is 1.15 bits per heavy atom. The number of amides is 1. The highest BCUT2D eigenvalue weighted by Gasteiger charge is 2.22. The maximum Gasteiger partial charge on any atom is 0.326 e. The Labute approximate surface area is 161 Å². The topological polar surface area (TPSA) is 92.2 Å². The van der Waals surface area contributed by atoms with Gasteiger partial charge < -0.3 is 10.4 Å². The van der Waals surface area contributed by atoms with Crippen LogP contribution >= 0.6 is 11.8 Å². The van der Waals surface area contributed by atoms with Gasteiger partial charge in [0, 0.05) is 11.6 Å². The van der Waals surface area contributed by atoms with Crippen LogP contribution in [0, 0.1) is 0 Å². The lowest BCUT2D eigenvalue weighted by atomic mass is 10.0. The number of nitrogens with zero attached hydrogens (tertiary/aromatic N) is 2. The highest BCUT2D eigenvalue weighted by molar-refractivity contribution is 7.98. The molecule has 7 heteroatoms. The molecule has 2 N–H and O–H groups in total. The van der Waals surface area contributed by atoms with Crippen molar-refractivity contribution in [2.24, 2.45) is 0 Å². The van der Waals surface area contributed by atoms with Gasteiger partial charge in [0.15, 0.2) is 0 Å². The molecular weight excluding hydrogens is 362 g/mol. The van der Waals surface area contributed by atoms with Crippen molar-refractivity contribution < 1.29 is 14.7 Å². The molecule has 0 unspecified atom stereocenters. The van der Waals surface area contributed by atoms with E-state index < -0.39 is 17.9 Å². The highest BCUT2D eigenvalue weighted by atomic mass is 32.2. The number of pyridine rings is 2. The summed E-state index contributed by atoms with van der Waals surface area (Å²) >= 11 is 1.54. The van der Waals surface area contributed by atoms with Crippen LogP contribution in [-0.2, 0) is 4.79 Å². The van der Waals surface area contributed by atoms with Crippen molar-refractivity contribution in [1.29, 1.82) is 0 Å². The Bertz CT molecular complexity index is 963. The molecule has 0 aliphatic rings. The smallest absolute Gasteiger partial charge is 0.326 e. The van der Waals surface area contributed by atoms with Gasteiger partial charge in [-0.2, -0.15) is 11.8 Å². The normalized spacial score (nSPS) is 11.9. The lowest BCUT2D eigenvalue weighted by molar-refractivity contribution is -0.139. The summed E-state index contributed by atoms with van der Waals surface area (Å²) in [6, 6.07) is 13.5. The Morgan fingerprint density at radius 3 is 2.63 bits per heavy atom. The Kier molecular flexibility index (Phi) is 6.03. The lowest BCUT2D eigenvalue weighted by Gasteiger charge is -2.15. The van der Waals surface area contributed by atoms with Crippen molar-refractivity contribution in [2.45, 2.75) is 12.5 Å². The van der Waals surface area contributed by atoms with Crippen molar-refractivity contribution in [1.82, 2.24) is 15.3 Å². The fourth-order valence-corrected chi connectivity index (χ4v) is 3.21. The van der Waals surface area contributed by atoms with E-state index in [1.54, 1.807) is 24.4 Å². The number of carboxylic acids is 1. The summed E-state index contributed by atoms with van der Waals surface area (Å²) in [7, 11) is 0. The molecule has 138 valence electrons. The zero-order valence-electron chi connectivity index (χ0n) is 14.8. The van der Waals surface area contributed by atoms with Crippen LogP contribution in [0.5, 0.6) is 0 Å². The number of nitrogens with one attached hydrogen (secondary N) is 1. The fourth-order valence-electron chi connectivity index (χ4n) is 2.74. The van der Waals surface area contributed by atoms with Gasteiger partial charge in [-0.1, -0.05) is 24.3 Å². The van der Waals surface area contributed by atoms with Gasteiger partial charge in [0.1, 0.15) is 6.04 Å². The number of rotatable bonds is 7. The first-order valence-corrected chi connectivity index (χ1v) is 9.83. The van der Waals surface area contributed by atoms with Crippen molar-refractivity contribution in [2.75, 3.05) is 12.0 Å². The maximum atomic E-state index is 12.9. The molecular formula is C20H19N3O3S. The molecule has 0 radical (unpaired) electrons. The quantitative estimate of drug-likeness (QED) is 0.653. The third-order valence-electron chi connectivity index (χ3n) is 4.10. The molecule has 0 saturated carbocycles. The van der Waals surface area contributed by atoms with E-state index in [9.17, 15) is 14.7 Å². The van der Waals surface area contributed by atoms with Crippen molar-refractivity contribution in [3.05, 3.63) is 60.3 Å². The summed E-state index contributed by atoms with van der Waals surface area (Å²) in [5.74, 6) is -0.826. The molecule has 0 saturated heterocycles. The molecule has 6 nitrogen and oxygen atoms in total. The van der Waals surface area contributed by atoms with Gasteiger partial charge in [-0.3, -0.25) is 9.78 Å². The predicted molar refractivity (Wildman–Crippen MR) is 107 cm³/mol. The Morgan fingerprint density at radius 2 is 1.93 bits per heavy atom. The molecule has 1 aromatic carbocycles. The van der Waals surface area contributed by atoms with Gasteiger partial charge in [0.2, 0.25) is 0 Å². The molecule has 1 amide bonds. The van der Waals surface area contributed by atoms with Gasteiger partial charge >= 0.3 is 5.97 Å². The molecule has 2 heterocycles. The summed E-state index contributed by atoms with van der Waals surface area (Å²) < 4.78 is 0. The SMILES string of the molecule is CSCC[C@@H](NC(=O)c1cc(-c2ccccn2)nc2ccccc12)C(=O)O. The van der Waals surface area contributed by atoms with Crippen molar-refractivity contribution in [3.63, 3.8) is 0 Å². The van der Waals surface area contributed by atoms with E-state index in [1.807, 2.05) is 36.6 Å². The van der Waals surface area contributed by atoms with Gasteiger partial charge in [-0.25, -0.2) is 9.78 Å². The molecule has 0 fully saturated rings. The number of aromatic nitrogens is 2.